The van der Waals surface area contributed by atoms with Gasteiger partial charge in [-0.1, -0.05) is 23.2 Å². The van der Waals surface area contributed by atoms with Gasteiger partial charge in [0.2, 0.25) is 0 Å². The van der Waals surface area contributed by atoms with Crippen LogP contribution in [0.15, 0.2) is 18.2 Å². The van der Waals surface area contributed by atoms with Crippen LogP contribution < -0.4 is 10.2 Å². The van der Waals surface area contributed by atoms with E-state index in [-0.39, 0.29) is 6.03 Å². The summed E-state index contributed by atoms with van der Waals surface area (Å²) < 4.78 is 0. The van der Waals surface area contributed by atoms with Gasteiger partial charge in [-0.25, -0.2) is 4.79 Å². The summed E-state index contributed by atoms with van der Waals surface area (Å²) >= 11 is 12.2. The second-order valence-corrected chi connectivity index (χ2v) is 6.45. The average molecular weight is 345 g/mol. The Morgan fingerprint density at radius 2 is 1.91 bits per heavy atom. The van der Waals surface area contributed by atoms with Gasteiger partial charge in [-0.3, -0.25) is 0 Å². The number of likely N-dealkylation sites (N-methyl/N-ethyl adjacent to an activating group) is 1. The minimum atomic E-state index is 0.00343. The van der Waals surface area contributed by atoms with Gasteiger partial charge < -0.3 is 20.0 Å². The lowest BCUT2D eigenvalue weighted by Crippen LogP contribution is -2.52. The van der Waals surface area contributed by atoms with Gasteiger partial charge in [-0.2, -0.15) is 0 Å². The molecule has 7 heteroatoms. The van der Waals surface area contributed by atoms with Crippen LogP contribution in [0.2, 0.25) is 10.0 Å². The van der Waals surface area contributed by atoms with E-state index in [4.69, 9.17) is 23.2 Å². The Kier molecular flexibility index (Phi) is 6.17. The number of piperazine rings is 1. The van der Waals surface area contributed by atoms with Crippen molar-refractivity contribution in [3.05, 3.63) is 28.2 Å². The van der Waals surface area contributed by atoms with Crippen molar-refractivity contribution in [1.82, 2.24) is 15.1 Å². The van der Waals surface area contributed by atoms with E-state index >= 15 is 0 Å². The summed E-state index contributed by atoms with van der Waals surface area (Å²) in [5.41, 5.74) is 0.971. The topological polar surface area (TPSA) is 38.8 Å². The Morgan fingerprint density at radius 1 is 1.23 bits per heavy atom. The van der Waals surface area contributed by atoms with E-state index in [1.807, 2.05) is 36.0 Å². The van der Waals surface area contributed by atoms with E-state index in [2.05, 4.69) is 10.2 Å². The molecule has 0 saturated carbocycles. The fraction of sp³-hybridized carbons (Fsp3) is 0.533. The predicted molar refractivity (Wildman–Crippen MR) is 92.2 cm³/mol. The van der Waals surface area contributed by atoms with Gasteiger partial charge in [0, 0.05) is 44.3 Å². The van der Waals surface area contributed by atoms with Gasteiger partial charge >= 0.3 is 6.03 Å². The first-order valence-corrected chi connectivity index (χ1v) is 8.10. The Morgan fingerprint density at radius 3 is 2.50 bits per heavy atom. The van der Waals surface area contributed by atoms with Crippen molar-refractivity contribution in [3.63, 3.8) is 0 Å². The Bertz CT molecular complexity index is 516. The summed E-state index contributed by atoms with van der Waals surface area (Å²) in [4.78, 5) is 18.1. The summed E-state index contributed by atoms with van der Waals surface area (Å²) in [6, 6.07) is 5.52. The molecule has 1 fully saturated rings. The van der Waals surface area contributed by atoms with E-state index < -0.39 is 0 Å². The zero-order valence-corrected chi connectivity index (χ0v) is 14.5. The Labute approximate surface area is 141 Å². The predicted octanol–water partition coefficient (Wildman–Crippen LogP) is 2.39. The fourth-order valence-electron chi connectivity index (χ4n) is 2.39. The number of halogens is 2. The highest BCUT2D eigenvalue weighted by Crippen LogP contribution is 2.29. The summed E-state index contributed by atoms with van der Waals surface area (Å²) in [7, 11) is 3.97. The van der Waals surface area contributed by atoms with Crippen LogP contribution in [0.1, 0.15) is 0 Å². The average Bonchev–Trinajstić information content (AvgIpc) is 2.47. The van der Waals surface area contributed by atoms with E-state index in [0.29, 0.717) is 29.7 Å². The first-order chi connectivity index (χ1) is 10.5. The van der Waals surface area contributed by atoms with Gasteiger partial charge in [0.05, 0.1) is 10.7 Å². The summed E-state index contributed by atoms with van der Waals surface area (Å²) in [6.45, 7) is 4.41. The molecule has 2 amide bonds. The zero-order chi connectivity index (χ0) is 16.1. The third-order valence-electron chi connectivity index (χ3n) is 3.65. The van der Waals surface area contributed by atoms with Crippen molar-refractivity contribution in [3.8, 4) is 0 Å². The molecule has 1 heterocycles. The molecule has 0 radical (unpaired) electrons. The highest BCUT2D eigenvalue weighted by atomic mass is 35.5. The van der Waals surface area contributed by atoms with Crippen molar-refractivity contribution in [2.45, 2.75) is 0 Å². The van der Waals surface area contributed by atoms with Crippen LogP contribution in [0.3, 0.4) is 0 Å². The van der Waals surface area contributed by atoms with Crippen LogP contribution in [-0.2, 0) is 0 Å². The molecular weight excluding hydrogens is 323 g/mol. The molecule has 1 aliphatic rings. The second kappa shape index (κ2) is 7.90. The SMILES string of the molecule is CN(C)CCNC(=O)N1CCN(c2ccc(Cl)cc2Cl)CC1. The van der Waals surface area contributed by atoms with E-state index in [1.165, 1.54) is 0 Å². The lowest BCUT2D eigenvalue weighted by molar-refractivity contribution is 0.193. The van der Waals surface area contributed by atoms with Crippen LogP contribution in [0.4, 0.5) is 10.5 Å². The highest BCUT2D eigenvalue weighted by molar-refractivity contribution is 6.36. The number of hydrogen-bond donors (Lipinski definition) is 1. The molecular formula is C15H22Cl2N4O. The maximum atomic E-state index is 12.1. The van der Waals surface area contributed by atoms with E-state index in [9.17, 15) is 4.79 Å². The molecule has 122 valence electrons. The zero-order valence-electron chi connectivity index (χ0n) is 13.0. The monoisotopic (exact) mass is 344 g/mol. The number of benzene rings is 1. The maximum absolute atomic E-state index is 12.1. The standard InChI is InChI=1S/C15H22Cl2N4O/c1-19(2)6-5-18-15(22)21-9-7-20(8-10-21)14-4-3-12(16)11-13(14)17/h3-4,11H,5-10H2,1-2H3,(H,18,22). The number of rotatable bonds is 4. The van der Waals surface area contributed by atoms with Gasteiger partial charge in [-0.05, 0) is 32.3 Å². The molecule has 0 spiro atoms. The smallest absolute Gasteiger partial charge is 0.317 e. The lowest BCUT2D eigenvalue weighted by atomic mass is 10.2. The van der Waals surface area contributed by atoms with Gasteiger partial charge in [-0.15, -0.1) is 0 Å². The number of amides is 2. The third-order valence-corrected chi connectivity index (χ3v) is 4.19. The summed E-state index contributed by atoms with van der Waals surface area (Å²) in [5, 5.41) is 4.22. The molecule has 1 aliphatic heterocycles. The molecule has 0 unspecified atom stereocenters. The maximum Gasteiger partial charge on any atom is 0.317 e. The first-order valence-electron chi connectivity index (χ1n) is 7.35. The normalized spacial score (nSPS) is 15.3. The molecule has 1 saturated heterocycles. The highest BCUT2D eigenvalue weighted by Gasteiger charge is 2.22. The minimum absolute atomic E-state index is 0.00343. The molecule has 2 rings (SSSR count). The van der Waals surface area contributed by atoms with Crippen molar-refractivity contribution in [2.24, 2.45) is 0 Å². The molecule has 1 aromatic carbocycles. The van der Waals surface area contributed by atoms with Crippen LogP contribution >= 0.6 is 23.2 Å². The number of carbonyl (C=O) groups is 1. The molecule has 22 heavy (non-hydrogen) atoms. The summed E-state index contributed by atoms with van der Waals surface area (Å²) in [5.74, 6) is 0. The van der Waals surface area contributed by atoms with Gasteiger partial charge in [0.15, 0.2) is 0 Å². The Hall–Kier alpha value is -1.17. The van der Waals surface area contributed by atoms with Crippen LogP contribution in [0.5, 0.6) is 0 Å². The van der Waals surface area contributed by atoms with Crippen LogP contribution in [-0.4, -0.2) is 69.2 Å². The van der Waals surface area contributed by atoms with Crippen molar-refractivity contribution < 1.29 is 4.79 Å². The lowest BCUT2D eigenvalue weighted by Gasteiger charge is -2.36. The summed E-state index contributed by atoms with van der Waals surface area (Å²) in [6.07, 6.45) is 0. The number of urea groups is 1. The first kappa shape index (κ1) is 17.2. The van der Waals surface area contributed by atoms with E-state index in [0.717, 1.165) is 25.3 Å². The van der Waals surface area contributed by atoms with Crippen molar-refractivity contribution in [1.29, 1.82) is 0 Å². The molecule has 0 aliphatic carbocycles. The fourth-order valence-corrected chi connectivity index (χ4v) is 2.91. The molecule has 0 bridgehead atoms. The quantitative estimate of drug-likeness (QED) is 0.911. The third kappa shape index (κ3) is 4.66. The van der Waals surface area contributed by atoms with Gasteiger partial charge in [0.1, 0.15) is 0 Å². The van der Waals surface area contributed by atoms with Crippen LogP contribution in [0, 0.1) is 0 Å². The molecule has 1 aromatic rings. The van der Waals surface area contributed by atoms with Crippen LogP contribution in [0.25, 0.3) is 0 Å². The van der Waals surface area contributed by atoms with E-state index in [1.54, 1.807) is 6.07 Å². The number of anilines is 1. The molecule has 1 N–H and O–H groups in total. The second-order valence-electron chi connectivity index (χ2n) is 5.61. The van der Waals surface area contributed by atoms with Crippen molar-refractivity contribution in [2.75, 3.05) is 58.3 Å². The molecule has 0 aromatic heterocycles. The van der Waals surface area contributed by atoms with Gasteiger partial charge in [0.25, 0.3) is 0 Å². The van der Waals surface area contributed by atoms with Crippen molar-refractivity contribution >= 4 is 34.9 Å². The number of nitrogens with zero attached hydrogens (tertiary/aromatic N) is 3. The number of carbonyl (C=O) groups excluding carboxylic acids is 1. The largest absolute Gasteiger partial charge is 0.367 e. The number of nitrogens with one attached hydrogen (secondary N) is 1. The molecule has 0 atom stereocenters. The Balaban J connectivity index is 1.83. The molecule has 5 nitrogen and oxygen atoms in total. The minimum Gasteiger partial charge on any atom is -0.367 e. The number of hydrogen-bond acceptors (Lipinski definition) is 3.